The predicted octanol–water partition coefficient (Wildman–Crippen LogP) is 4.41. The number of benzene rings is 2. The van der Waals surface area contributed by atoms with Gasteiger partial charge in [-0.3, -0.25) is 14.9 Å². The van der Waals surface area contributed by atoms with Crippen LogP contribution in [-0.2, 0) is 11.4 Å². The van der Waals surface area contributed by atoms with Crippen LogP contribution in [0.2, 0.25) is 5.02 Å². The largest absolute Gasteiger partial charge is 0.485 e. The Balaban J connectivity index is 1.51. The van der Waals surface area contributed by atoms with Crippen molar-refractivity contribution in [3.63, 3.8) is 0 Å². The molecule has 0 saturated heterocycles. The third-order valence-electron chi connectivity index (χ3n) is 3.34. The van der Waals surface area contributed by atoms with Gasteiger partial charge >= 0.3 is 0 Å². The monoisotopic (exact) mass is 436 g/mol. The summed E-state index contributed by atoms with van der Waals surface area (Å²) in [6, 6.07) is 13.1. The Labute approximate surface area is 173 Å². The number of hydrogen-bond acceptors (Lipinski definition) is 8. The maximum atomic E-state index is 12.1. The van der Waals surface area contributed by atoms with Gasteiger partial charge in [0.1, 0.15) is 18.0 Å². The second kappa shape index (κ2) is 9.49. The maximum absolute atomic E-state index is 12.1. The molecular weight excluding hydrogens is 424 g/mol. The van der Waals surface area contributed by atoms with Crippen molar-refractivity contribution in [1.29, 1.82) is 0 Å². The minimum Gasteiger partial charge on any atom is -0.485 e. The first-order valence-corrected chi connectivity index (χ1v) is 10.1. The van der Waals surface area contributed by atoms with E-state index in [0.29, 0.717) is 20.1 Å². The molecule has 3 aromatic rings. The summed E-state index contributed by atoms with van der Waals surface area (Å²) in [5, 5.41) is 22.7. The Kier molecular flexibility index (Phi) is 6.80. The maximum Gasteiger partial charge on any atom is 0.292 e. The molecule has 0 bridgehead atoms. The third kappa shape index (κ3) is 5.41. The summed E-state index contributed by atoms with van der Waals surface area (Å²) in [5.41, 5.74) is -0.0000318. The number of nitrogens with zero attached hydrogens (tertiary/aromatic N) is 3. The molecule has 0 aliphatic rings. The molecule has 11 heteroatoms. The number of thioether (sulfide) groups is 1. The van der Waals surface area contributed by atoms with Crippen LogP contribution >= 0.6 is 34.7 Å². The molecule has 2 aromatic carbocycles. The number of amides is 1. The number of nitro benzene ring substituents is 1. The molecule has 0 radical (unpaired) electrons. The number of nitro groups is 1. The van der Waals surface area contributed by atoms with Crippen LogP contribution in [0.1, 0.15) is 5.01 Å². The van der Waals surface area contributed by atoms with Crippen molar-refractivity contribution < 1.29 is 14.5 Å². The number of halogens is 1. The van der Waals surface area contributed by atoms with E-state index in [9.17, 15) is 14.9 Å². The number of carbonyl (C=O) groups is 1. The zero-order valence-corrected chi connectivity index (χ0v) is 16.6. The molecule has 1 N–H and O–H groups in total. The Morgan fingerprint density at radius 2 is 1.96 bits per heavy atom. The number of anilines is 1. The van der Waals surface area contributed by atoms with Crippen LogP contribution in [0.15, 0.2) is 52.9 Å². The highest BCUT2D eigenvalue weighted by molar-refractivity contribution is 8.01. The van der Waals surface area contributed by atoms with E-state index in [1.54, 1.807) is 18.2 Å². The van der Waals surface area contributed by atoms with Crippen LogP contribution in [0.25, 0.3) is 0 Å². The van der Waals surface area contributed by atoms with E-state index in [1.807, 2.05) is 12.1 Å². The molecule has 28 heavy (non-hydrogen) atoms. The topological polar surface area (TPSA) is 107 Å². The van der Waals surface area contributed by atoms with Crippen molar-refractivity contribution in [2.75, 3.05) is 11.1 Å². The van der Waals surface area contributed by atoms with E-state index in [-0.39, 0.29) is 29.6 Å². The first-order chi connectivity index (χ1) is 13.5. The zero-order valence-electron chi connectivity index (χ0n) is 14.2. The van der Waals surface area contributed by atoms with Gasteiger partial charge in [0, 0.05) is 6.07 Å². The molecule has 144 valence electrons. The van der Waals surface area contributed by atoms with Gasteiger partial charge in [-0.15, -0.1) is 10.2 Å². The predicted molar refractivity (Wildman–Crippen MR) is 108 cm³/mol. The highest BCUT2D eigenvalue weighted by Gasteiger charge is 2.15. The fourth-order valence-corrected chi connectivity index (χ4v) is 3.91. The first kappa shape index (κ1) is 20.1. The molecule has 0 unspecified atom stereocenters. The molecule has 0 aliphatic carbocycles. The van der Waals surface area contributed by atoms with Gasteiger partial charge in [0.25, 0.3) is 5.69 Å². The molecular formula is C17H13ClN4O4S2. The molecule has 8 nitrogen and oxygen atoms in total. The van der Waals surface area contributed by atoms with E-state index in [0.717, 1.165) is 0 Å². The smallest absolute Gasteiger partial charge is 0.292 e. The Morgan fingerprint density at radius 3 is 2.75 bits per heavy atom. The first-order valence-electron chi connectivity index (χ1n) is 7.88. The molecule has 1 aromatic heterocycles. The summed E-state index contributed by atoms with van der Waals surface area (Å²) in [4.78, 5) is 22.5. The summed E-state index contributed by atoms with van der Waals surface area (Å²) in [6.45, 7) is 0.213. The van der Waals surface area contributed by atoms with Crippen LogP contribution in [0.3, 0.4) is 0 Å². The normalized spacial score (nSPS) is 10.5. The number of ether oxygens (including phenoxy) is 1. The van der Waals surface area contributed by atoms with E-state index in [4.69, 9.17) is 16.3 Å². The SMILES string of the molecule is O=C(CSc1nnc(COc2ccccc2Cl)s1)Nc1ccccc1[N+](=O)[O-]. The Morgan fingerprint density at radius 1 is 1.21 bits per heavy atom. The van der Waals surface area contributed by atoms with Crippen molar-refractivity contribution in [2.45, 2.75) is 10.9 Å². The van der Waals surface area contributed by atoms with Crippen molar-refractivity contribution in [2.24, 2.45) is 0 Å². The number of hydrogen-bond donors (Lipinski definition) is 1. The lowest BCUT2D eigenvalue weighted by Crippen LogP contribution is -2.15. The van der Waals surface area contributed by atoms with Gasteiger partial charge in [-0.25, -0.2) is 0 Å². The van der Waals surface area contributed by atoms with Crippen molar-refractivity contribution in [1.82, 2.24) is 10.2 Å². The molecule has 0 saturated carbocycles. The molecule has 1 heterocycles. The average Bonchev–Trinajstić information content (AvgIpc) is 3.14. The lowest BCUT2D eigenvalue weighted by molar-refractivity contribution is -0.383. The summed E-state index contributed by atoms with van der Waals surface area (Å²) in [5.74, 6) is 0.229. The number of para-hydroxylation sites is 3. The van der Waals surface area contributed by atoms with Gasteiger partial charge in [-0.05, 0) is 18.2 Å². The van der Waals surface area contributed by atoms with Gasteiger partial charge in [0.05, 0.1) is 15.7 Å². The molecule has 1 amide bonds. The molecule has 0 aliphatic heterocycles. The quantitative estimate of drug-likeness (QED) is 0.316. The summed E-state index contributed by atoms with van der Waals surface area (Å²) in [7, 11) is 0. The lowest BCUT2D eigenvalue weighted by Gasteiger charge is -2.05. The van der Waals surface area contributed by atoms with E-state index < -0.39 is 4.92 Å². The Hall–Kier alpha value is -2.69. The molecule has 0 fully saturated rings. The Bertz CT molecular complexity index is 999. The number of nitrogens with one attached hydrogen (secondary N) is 1. The minimum atomic E-state index is -0.543. The number of aromatic nitrogens is 2. The number of rotatable bonds is 8. The third-order valence-corrected chi connectivity index (χ3v) is 5.68. The highest BCUT2D eigenvalue weighted by Crippen LogP contribution is 2.27. The van der Waals surface area contributed by atoms with Crippen LogP contribution in [-0.4, -0.2) is 26.8 Å². The van der Waals surface area contributed by atoms with Crippen molar-refractivity contribution >= 4 is 52.0 Å². The van der Waals surface area contributed by atoms with Crippen molar-refractivity contribution in [3.05, 3.63) is 68.7 Å². The van der Waals surface area contributed by atoms with Crippen LogP contribution in [0, 0.1) is 10.1 Å². The fourth-order valence-electron chi connectivity index (χ4n) is 2.11. The highest BCUT2D eigenvalue weighted by atomic mass is 35.5. The van der Waals surface area contributed by atoms with Crippen molar-refractivity contribution in [3.8, 4) is 5.75 Å². The van der Waals surface area contributed by atoms with Gasteiger partial charge < -0.3 is 10.1 Å². The summed E-state index contributed by atoms with van der Waals surface area (Å²) >= 11 is 8.52. The van der Waals surface area contributed by atoms with E-state index in [2.05, 4.69) is 15.5 Å². The van der Waals surface area contributed by atoms with Gasteiger partial charge in [0.2, 0.25) is 5.91 Å². The second-order valence-electron chi connectivity index (χ2n) is 5.29. The van der Waals surface area contributed by atoms with Gasteiger partial charge in [0.15, 0.2) is 9.35 Å². The average molecular weight is 437 g/mol. The minimum absolute atomic E-state index is 0.0477. The molecule has 0 atom stereocenters. The van der Waals surface area contributed by atoms with E-state index >= 15 is 0 Å². The summed E-state index contributed by atoms with van der Waals surface area (Å²) < 4.78 is 6.19. The summed E-state index contributed by atoms with van der Waals surface area (Å²) in [6.07, 6.45) is 0. The van der Waals surface area contributed by atoms with E-state index in [1.165, 1.54) is 41.3 Å². The zero-order chi connectivity index (χ0) is 19.9. The van der Waals surface area contributed by atoms with Crippen LogP contribution < -0.4 is 10.1 Å². The van der Waals surface area contributed by atoms with Crippen LogP contribution in [0.4, 0.5) is 11.4 Å². The number of carbonyl (C=O) groups excluding carboxylic acids is 1. The molecule has 3 rings (SSSR count). The molecule has 0 spiro atoms. The fraction of sp³-hybridized carbons (Fsp3) is 0.118. The standard InChI is InChI=1S/C17H13ClN4O4S2/c18-11-5-1-4-8-14(11)26-9-16-20-21-17(28-16)27-10-15(23)19-12-6-2-3-7-13(12)22(24)25/h1-8H,9-10H2,(H,19,23). The lowest BCUT2D eigenvalue weighted by atomic mass is 10.2. The second-order valence-corrected chi connectivity index (χ2v) is 7.98. The van der Waals surface area contributed by atoms with Gasteiger partial charge in [-0.1, -0.05) is 59.0 Å². The van der Waals surface area contributed by atoms with Crippen LogP contribution in [0.5, 0.6) is 5.75 Å². The van der Waals surface area contributed by atoms with Gasteiger partial charge in [-0.2, -0.15) is 0 Å².